The number of anilines is 1. The molecule has 2 aliphatic rings. The SMILES string of the molecule is CNc1ncnc2c1N=C1CC(C)(C)CC([NH2+][C@H](C)Cc3ccccc3)=C1S2. The van der Waals surface area contributed by atoms with Crippen LogP contribution in [0.2, 0.25) is 0 Å². The van der Waals surface area contributed by atoms with Gasteiger partial charge < -0.3 is 10.6 Å². The maximum Gasteiger partial charge on any atom is 0.156 e. The zero-order valence-electron chi connectivity index (χ0n) is 17.0. The molecule has 0 fully saturated rings. The van der Waals surface area contributed by atoms with Crippen molar-refractivity contribution in [2.24, 2.45) is 10.4 Å². The fraction of sp³-hybridized carbons (Fsp3) is 0.409. The first-order valence-electron chi connectivity index (χ1n) is 9.86. The number of hydrogen-bond acceptors (Lipinski definition) is 5. The number of rotatable bonds is 5. The van der Waals surface area contributed by atoms with Gasteiger partial charge in [-0.15, -0.1) is 0 Å². The number of nitrogens with zero attached hydrogens (tertiary/aromatic N) is 3. The van der Waals surface area contributed by atoms with Crippen LogP contribution < -0.4 is 10.6 Å². The highest BCUT2D eigenvalue weighted by atomic mass is 32.2. The lowest BCUT2D eigenvalue weighted by molar-refractivity contribution is -0.643. The number of benzene rings is 1. The molecule has 4 rings (SSSR count). The Balaban J connectivity index is 1.65. The van der Waals surface area contributed by atoms with E-state index in [-0.39, 0.29) is 5.41 Å². The summed E-state index contributed by atoms with van der Waals surface area (Å²) in [5, 5.41) is 6.55. The van der Waals surface area contributed by atoms with Crippen LogP contribution in [0.5, 0.6) is 0 Å². The molecule has 0 unspecified atom stereocenters. The first-order chi connectivity index (χ1) is 13.4. The van der Waals surface area contributed by atoms with Crippen LogP contribution in [0.1, 0.15) is 39.2 Å². The molecule has 5 nitrogen and oxygen atoms in total. The van der Waals surface area contributed by atoms with Crippen LogP contribution >= 0.6 is 11.8 Å². The summed E-state index contributed by atoms with van der Waals surface area (Å²) in [7, 11) is 1.88. The highest BCUT2D eigenvalue weighted by Gasteiger charge is 2.38. The molecule has 0 radical (unpaired) electrons. The van der Waals surface area contributed by atoms with Crippen molar-refractivity contribution in [2.75, 3.05) is 12.4 Å². The maximum absolute atomic E-state index is 5.01. The quantitative estimate of drug-likeness (QED) is 0.754. The summed E-state index contributed by atoms with van der Waals surface area (Å²) in [4.78, 5) is 15.1. The molecule has 0 bridgehead atoms. The highest BCUT2D eigenvalue weighted by molar-refractivity contribution is 8.04. The largest absolute Gasteiger partial charge is 0.371 e. The maximum atomic E-state index is 5.01. The monoisotopic (exact) mass is 394 g/mol. The first kappa shape index (κ1) is 19.2. The number of aliphatic imine (C=N–C) groups is 1. The Morgan fingerprint density at radius 1 is 1.18 bits per heavy atom. The van der Waals surface area contributed by atoms with Gasteiger partial charge in [0.1, 0.15) is 22.7 Å². The topological polar surface area (TPSA) is 66.8 Å². The van der Waals surface area contributed by atoms with Crippen LogP contribution in [0.25, 0.3) is 0 Å². The molecule has 0 amide bonds. The van der Waals surface area contributed by atoms with Gasteiger partial charge in [0.15, 0.2) is 5.82 Å². The molecule has 1 aromatic heterocycles. The molecule has 146 valence electrons. The minimum absolute atomic E-state index is 0.203. The van der Waals surface area contributed by atoms with E-state index in [1.165, 1.54) is 21.9 Å². The van der Waals surface area contributed by atoms with Crippen molar-refractivity contribution in [1.82, 2.24) is 9.97 Å². The Morgan fingerprint density at radius 2 is 1.96 bits per heavy atom. The molecule has 0 saturated carbocycles. The second-order valence-electron chi connectivity index (χ2n) is 8.49. The molecule has 28 heavy (non-hydrogen) atoms. The van der Waals surface area contributed by atoms with Crippen molar-refractivity contribution in [3.05, 3.63) is 52.8 Å². The number of nitrogens with one attached hydrogen (secondary N) is 1. The number of quaternary nitrogens is 1. The summed E-state index contributed by atoms with van der Waals surface area (Å²) >= 11 is 1.75. The number of allylic oxidation sites excluding steroid dienone is 2. The molecule has 2 aromatic rings. The molecule has 1 aliphatic carbocycles. The summed E-state index contributed by atoms with van der Waals surface area (Å²) in [6.45, 7) is 6.98. The third kappa shape index (κ3) is 3.98. The van der Waals surface area contributed by atoms with Crippen molar-refractivity contribution in [3.8, 4) is 0 Å². The molecule has 3 N–H and O–H groups in total. The van der Waals surface area contributed by atoms with Gasteiger partial charge in [-0.05, 0) is 24.3 Å². The number of thioether (sulfide) groups is 1. The van der Waals surface area contributed by atoms with E-state index in [0.717, 1.165) is 35.8 Å². The minimum Gasteiger partial charge on any atom is -0.371 e. The van der Waals surface area contributed by atoms with E-state index in [1.807, 2.05) is 7.05 Å². The lowest BCUT2D eigenvalue weighted by atomic mass is 9.78. The predicted molar refractivity (Wildman–Crippen MR) is 116 cm³/mol. The van der Waals surface area contributed by atoms with Crippen LogP contribution in [0.4, 0.5) is 11.5 Å². The molecule has 1 aliphatic heterocycles. The van der Waals surface area contributed by atoms with Gasteiger partial charge in [0.25, 0.3) is 0 Å². The third-order valence-electron chi connectivity index (χ3n) is 5.23. The zero-order valence-corrected chi connectivity index (χ0v) is 17.8. The van der Waals surface area contributed by atoms with E-state index in [2.05, 4.69) is 71.7 Å². The van der Waals surface area contributed by atoms with Crippen molar-refractivity contribution in [2.45, 2.75) is 51.1 Å². The Bertz CT molecular complexity index is 933. The average molecular weight is 395 g/mol. The Morgan fingerprint density at radius 3 is 2.71 bits per heavy atom. The van der Waals surface area contributed by atoms with Crippen LogP contribution in [0, 0.1) is 5.41 Å². The van der Waals surface area contributed by atoms with E-state index >= 15 is 0 Å². The highest BCUT2D eigenvalue weighted by Crippen LogP contribution is 2.48. The van der Waals surface area contributed by atoms with Crippen LogP contribution in [-0.4, -0.2) is 28.8 Å². The number of fused-ring (bicyclic) bond motifs is 2. The predicted octanol–water partition coefficient (Wildman–Crippen LogP) is 3.92. The van der Waals surface area contributed by atoms with Crippen molar-refractivity contribution in [3.63, 3.8) is 0 Å². The van der Waals surface area contributed by atoms with Crippen molar-refractivity contribution in [1.29, 1.82) is 0 Å². The minimum atomic E-state index is 0.203. The molecular formula is C22H28N5S+. The van der Waals surface area contributed by atoms with Gasteiger partial charge in [-0.3, -0.25) is 0 Å². The van der Waals surface area contributed by atoms with Crippen LogP contribution in [0.3, 0.4) is 0 Å². The van der Waals surface area contributed by atoms with Gasteiger partial charge in [0.05, 0.1) is 16.7 Å². The number of nitrogens with two attached hydrogens (primary N) is 1. The third-order valence-corrected chi connectivity index (χ3v) is 6.42. The number of aromatic nitrogens is 2. The number of hydrogen-bond donors (Lipinski definition) is 2. The van der Waals surface area contributed by atoms with Crippen molar-refractivity contribution >= 4 is 29.0 Å². The Kier molecular flexibility index (Phi) is 5.25. The molecule has 1 atom stereocenters. The van der Waals surface area contributed by atoms with E-state index in [4.69, 9.17) is 4.99 Å². The lowest BCUT2D eigenvalue weighted by Gasteiger charge is -2.34. The van der Waals surface area contributed by atoms with Gasteiger partial charge >= 0.3 is 0 Å². The van der Waals surface area contributed by atoms with E-state index in [9.17, 15) is 0 Å². The van der Waals surface area contributed by atoms with Crippen LogP contribution in [-0.2, 0) is 6.42 Å². The molecular weight excluding hydrogens is 366 g/mol. The second kappa shape index (κ2) is 7.68. The smallest absolute Gasteiger partial charge is 0.156 e. The second-order valence-corrected chi connectivity index (χ2v) is 9.49. The average Bonchev–Trinajstić information content (AvgIpc) is 2.66. The van der Waals surface area contributed by atoms with Gasteiger partial charge in [-0.25, -0.2) is 15.0 Å². The van der Waals surface area contributed by atoms with Gasteiger partial charge in [-0.2, -0.15) is 0 Å². The molecule has 6 heteroatoms. The van der Waals surface area contributed by atoms with E-state index in [1.54, 1.807) is 18.1 Å². The van der Waals surface area contributed by atoms with Crippen LogP contribution in [0.15, 0.2) is 57.3 Å². The summed E-state index contributed by atoms with van der Waals surface area (Å²) in [5.74, 6) is 0.801. The van der Waals surface area contributed by atoms with E-state index < -0.39 is 0 Å². The summed E-state index contributed by atoms with van der Waals surface area (Å²) in [6, 6.07) is 11.2. The van der Waals surface area contributed by atoms with Gasteiger partial charge in [0.2, 0.25) is 0 Å². The summed E-state index contributed by atoms with van der Waals surface area (Å²) in [5.41, 5.74) is 5.06. The molecule has 0 spiro atoms. The van der Waals surface area contributed by atoms with Gasteiger partial charge in [0, 0.05) is 19.9 Å². The standard InChI is InChI=1S/C22H27N5S/c1-14(10-15-8-6-5-7-9-15)26-16-11-22(2,3)12-17-19(16)28-21-18(27-17)20(23-4)24-13-25-21/h5-9,13-14,26H,10-12H2,1-4H3,(H,23,24,25)/p+1/t14-/m1/s1. The normalized spacial score (nSPS) is 18.8. The van der Waals surface area contributed by atoms with E-state index in [0.29, 0.717) is 6.04 Å². The molecule has 0 saturated heterocycles. The lowest BCUT2D eigenvalue weighted by Crippen LogP contribution is -2.88. The molecule has 2 heterocycles. The Labute approximate surface area is 171 Å². The van der Waals surface area contributed by atoms with Gasteiger partial charge in [-0.1, -0.05) is 55.9 Å². The first-order valence-corrected chi connectivity index (χ1v) is 10.7. The molecule has 1 aromatic carbocycles. The van der Waals surface area contributed by atoms with Crippen molar-refractivity contribution < 1.29 is 5.32 Å². The Hall–Kier alpha value is -2.18. The zero-order chi connectivity index (χ0) is 19.7. The fourth-order valence-corrected chi connectivity index (χ4v) is 5.11. The summed E-state index contributed by atoms with van der Waals surface area (Å²) < 4.78 is 0. The summed E-state index contributed by atoms with van der Waals surface area (Å²) in [6.07, 6.45) is 4.73. The fourth-order valence-electron chi connectivity index (χ4n) is 4.07.